The number of hydrogen-bond acceptors (Lipinski definition) is 1. The van der Waals surface area contributed by atoms with Gasteiger partial charge in [-0.05, 0) is 36.0 Å². The summed E-state index contributed by atoms with van der Waals surface area (Å²) in [5.74, 6) is 2.50. The van der Waals surface area contributed by atoms with Gasteiger partial charge in [0.25, 0.3) is 0 Å². The largest absolute Gasteiger partial charge is 0.498 e. The predicted molar refractivity (Wildman–Crippen MR) is 89.1 cm³/mol. The number of fused-ring (bicyclic) bond motifs is 2. The van der Waals surface area contributed by atoms with Gasteiger partial charge in [-0.2, -0.15) is 0 Å². The summed E-state index contributed by atoms with van der Waals surface area (Å²) in [5, 5.41) is 2.71. The average Bonchev–Trinajstić information content (AvgIpc) is 2.60. The monoisotopic (exact) mass is 294 g/mol. The molecule has 0 radical (unpaired) electrons. The predicted octanol–water partition coefficient (Wildman–Crippen LogP) is 5.52. The van der Waals surface area contributed by atoms with Crippen LogP contribution in [-0.2, 0) is 3.79 Å². The second-order valence-corrected chi connectivity index (χ2v) is 11.6. The first-order valence-electron chi connectivity index (χ1n) is 8.82. The van der Waals surface area contributed by atoms with Gasteiger partial charge in [0, 0.05) is 6.10 Å². The van der Waals surface area contributed by atoms with E-state index in [9.17, 15) is 0 Å². The smallest absolute Gasteiger partial charge is 0.461 e. The van der Waals surface area contributed by atoms with Gasteiger partial charge in [0.2, 0.25) is 0 Å². The minimum atomic E-state index is -1.04. The second-order valence-electron chi connectivity index (χ2n) is 9.12. The lowest BCUT2D eigenvalue weighted by Crippen LogP contribution is -2.41. The van der Waals surface area contributed by atoms with E-state index in [1.54, 1.807) is 0 Å². The molecule has 116 valence electrons. The highest BCUT2D eigenvalue weighted by Crippen LogP contribution is 2.66. The van der Waals surface area contributed by atoms with Crippen molar-refractivity contribution in [2.75, 3.05) is 0 Å². The lowest BCUT2D eigenvalue weighted by molar-refractivity contribution is 0.0269. The lowest BCUT2D eigenvalue weighted by atomic mass is 9.70. The highest BCUT2D eigenvalue weighted by molar-refractivity contribution is 6.52. The third-order valence-corrected chi connectivity index (χ3v) is 10.2. The quantitative estimate of drug-likeness (QED) is 0.586. The van der Waals surface area contributed by atoms with Crippen molar-refractivity contribution >= 4 is 14.5 Å². The zero-order valence-corrected chi connectivity index (χ0v) is 16.0. The van der Waals surface area contributed by atoms with E-state index in [4.69, 9.17) is 3.79 Å². The van der Waals surface area contributed by atoms with Crippen LogP contribution in [0.5, 0.6) is 0 Å². The van der Waals surface area contributed by atoms with Gasteiger partial charge in [0.05, 0.1) is 0 Å². The van der Waals surface area contributed by atoms with Gasteiger partial charge in [0.15, 0.2) is 0 Å². The molecule has 3 atom stereocenters. The zero-order chi connectivity index (χ0) is 15.1. The van der Waals surface area contributed by atoms with E-state index >= 15 is 0 Å². The zero-order valence-electron chi connectivity index (χ0n) is 14.8. The molecule has 20 heavy (non-hydrogen) atoms. The van der Waals surface area contributed by atoms with E-state index in [-0.39, 0.29) is 0 Å². The molecule has 0 aromatic carbocycles. The van der Waals surface area contributed by atoms with E-state index in [1.165, 1.54) is 29.8 Å². The molecule has 0 heterocycles. The van der Waals surface area contributed by atoms with Crippen molar-refractivity contribution in [1.82, 2.24) is 0 Å². The van der Waals surface area contributed by atoms with E-state index in [0.29, 0.717) is 16.9 Å². The fourth-order valence-corrected chi connectivity index (χ4v) is 8.22. The fraction of sp³-hybridized carbons (Fsp3) is 1.00. The first kappa shape index (κ1) is 16.9. The maximum absolute atomic E-state index is 6.84. The second kappa shape index (κ2) is 5.94. The van der Waals surface area contributed by atoms with Gasteiger partial charge in [0.1, 0.15) is 0 Å². The van der Waals surface area contributed by atoms with Crippen LogP contribution in [0.4, 0.5) is 0 Å². The standard InChI is InChI=1S/C10H17O.2C4H9.Al/c1-9(2)7-4-5-10(9,3)8(11)6-7;2*1-4(2)3;/h7-8H,4-6H2,1-3H3;2*4H,1H2,2-3H3;/q-1;;;+1/t7-,8?,10+;;;/m0.../s1. The first-order chi connectivity index (χ1) is 9.16. The Hall–Kier alpha value is 0.492. The molecule has 2 aliphatic rings. The molecule has 2 fully saturated rings. The Balaban J connectivity index is 2.04. The van der Waals surface area contributed by atoms with Crippen molar-refractivity contribution in [3.8, 4) is 0 Å². The third kappa shape index (κ3) is 2.99. The van der Waals surface area contributed by atoms with Crippen molar-refractivity contribution < 1.29 is 3.79 Å². The summed E-state index contributed by atoms with van der Waals surface area (Å²) in [5.41, 5.74) is 0.934. The molecule has 2 saturated carbocycles. The minimum absolute atomic E-state index is 0.441. The van der Waals surface area contributed by atoms with Gasteiger partial charge in [-0.1, -0.05) is 70.9 Å². The molecular weight excluding hydrogens is 259 g/mol. The van der Waals surface area contributed by atoms with Crippen LogP contribution in [-0.4, -0.2) is 20.6 Å². The van der Waals surface area contributed by atoms with Crippen LogP contribution < -0.4 is 0 Å². The van der Waals surface area contributed by atoms with Crippen LogP contribution in [0.3, 0.4) is 0 Å². The summed E-state index contributed by atoms with van der Waals surface area (Å²) in [7, 11) is 0. The van der Waals surface area contributed by atoms with Crippen LogP contribution >= 0.6 is 0 Å². The molecule has 0 amide bonds. The summed E-state index contributed by atoms with van der Waals surface area (Å²) < 4.78 is 6.84. The molecule has 2 rings (SSSR count). The van der Waals surface area contributed by atoms with E-state index < -0.39 is 14.5 Å². The van der Waals surface area contributed by atoms with Crippen LogP contribution in [0, 0.1) is 28.6 Å². The van der Waals surface area contributed by atoms with E-state index in [0.717, 1.165) is 17.8 Å². The van der Waals surface area contributed by atoms with Crippen molar-refractivity contribution in [3.05, 3.63) is 0 Å². The summed E-state index contributed by atoms with van der Waals surface area (Å²) >= 11 is -1.04. The molecule has 1 unspecified atom stereocenters. The molecule has 0 aromatic heterocycles. The topological polar surface area (TPSA) is 9.23 Å². The molecule has 1 nitrogen and oxygen atoms in total. The van der Waals surface area contributed by atoms with Crippen molar-refractivity contribution in [3.63, 3.8) is 0 Å². The molecule has 2 bridgehead atoms. The SMILES string of the molecule is CC(C)[CH2][Al]([CH2]C(C)C)[O]C1C[C@@H]2CC[C@@]1(C)C2(C)C. The Kier molecular flexibility index (Phi) is 5.01. The van der Waals surface area contributed by atoms with Crippen molar-refractivity contribution in [2.45, 2.75) is 84.4 Å². The van der Waals surface area contributed by atoms with Crippen LogP contribution in [0.1, 0.15) is 67.7 Å². The van der Waals surface area contributed by atoms with Crippen LogP contribution in [0.25, 0.3) is 0 Å². The first-order valence-corrected chi connectivity index (χ1v) is 10.9. The summed E-state index contributed by atoms with van der Waals surface area (Å²) in [6, 6.07) is 0. The summed E-state index contributed by atoms with van der Waals surface area (Å²) in [4.78, 5) is 0. The van der Waals surface area contributed by atoms with Gasteiger partial charge < -0.3 is 3.79 Å². The van der Waals surface area contributed by atoms with Crippen LogP contribution in [0.2, 0.25) is 10.6 Å². The Labute approximate surface area is 131 Å². The van der Waals surface area contributed by atoms with Gasteiger partial charge in [-0.15, -0.1) is 0 Å². The highest BCUT2D eigenvalue weighted by Gasteiger charge is 2.61. The molecule has 0 aliphatic heterocycles. The Morgan fingerprint density at radius 2 is 1.60 bits per heavy atom. The molecule has 2 aliphatic carbocycles. The Morgan fingerprint density at radius 3 is 1.95 bits per heavy atom. The third-order valence-electron chi connectivity index (χ3n) is 6.54. The van der Waals surface area contributed by atoms with Crippen molar-refractivity contribution in [1.29, 1.82) is 0 Å². The molecule has 0 saturated heterocycles. The molecule has 0 N–H and O–H groups in total. The van der Waals surface area contributed by atoms with Gasteiger partial charge in [-0.25, -0.2) is 0 Å². The molecular formula is C18H35AlO. The maximum atomic E-state index is 6.84. The molecule has 0 spiro atoms. The van der Waals surface area contributed by atoms with E-state index in [1.807, 2.05) is 0 Å². The average molecular weight is 294 g/mol. The maximum Gasteiger partial charge on any atom is 0.461 e. The lowest BCUT2D eigenvalue weighted by Gasteiger charge is -2.41. The van der Waals surface area contributed by atoms with Crippen LogP contribution in [0.15, 0.2) is 0 Å². The molecule has 0 aromatic rings. The Bertz CT molecular complexity index is 326. The fourth-order valence-electron chi connectivity index (χ4n) is 4.83. The summed E-state index contributed by atoms with van der Waals surface area (Å²) in [6.45, 7) is 16.9. The van der Waals surface area contributed by atoms with E-state index in [2.05, 4.69) is 48.5 Å². The normalized spacial score (nSPS) is 35.2. The highest BCUT2D eigenvalue weighted by atomic mass is 27.2. The number of hydrogen-bond donors (Lipinski definition) is 0. The minimum Gasteiger partial charge on any atom is -0.498 e. The van der Waals surface area contributed by atoms with Gasteiger partial charge >= 0.3 is 14.5 Å². The Morgan fingerprint density at radius 1 is 1.05 bits per heavy atom. The number of rotatable bonds is 6. The van der Waals surface area contributed by atoms with Crippen molar-refractivity contribution in [2.24, 2.45) is 28.6 Å². The molecule has 2 heteroatoms. The summed E-state index contributed by atoms with van der Waals surface area (Å²) in [6.07, 6.45) is 4.72. The van der Waals surface area contributed by atoms with Gasteiger partial charge in [-0.3, -0.25) is 0 Å².